The smallest absolute Gasteiger partial charge is 0.316 e. The lowest BCUT2D eigenvalue weighted by atomic mass is 9.63. The van der Waals surface area contributed by atoms with Gasteiger partial charge in [-0.1, -0.05) is 18.2 Å². The van der Waals surface area contributed by atoms with Gasteiger partial charge in [0.2, 0.25) is 17.7 Å². The SMILES string of the molecule is Cc1cc(C)cc(N2C[C@H](C(=O)Oc3ccc(N4C(=O)[C@@H]5[C@H]6C=C[C@@H]([C@@H]7C[C@H]67)[C@H]5C4=O)c(C)c3)CC2=O)c1. The summed E-state index contributed by atoms with van der Waals surface area (Å²) in [4.78, 5) is 55.6. The summed E-state index contributed by atoms with van der Waals surface area (Å²) < 4.78 is 5.67. The van der Waals surface area contributed by atoms with E-state index in [0.29, 0.717) is 28.8 Å². The molecule has 2 aromatic rings. The summed E-state index contributed by atoms with van der Waals surface area (Å²) in [6.45, 7) is 6.06. The highest BCUT2D eigenvalue weighted by Crippen LogP contribution is 2.65. The Morgan fingerprint density at radius 2 is 1.50 bits per heavy atom. The highest BCUT2D eigenvalue weighted by molar-refractivity contribution is 6.23. The Labute approximate surface area is 221 Å². The maximum absolute atomic E-state index is 13.5. The zero-order valence-electron chi connectivity index (χ0n) is 21.7. The van der Waals surface area contributed by atoms with Crippen LogP contribution in [0.1, 0.15) is 29.5 Å². The topological polar surface area (TPSA) is 84.0 Å². The van der Waals surface area contributed by atoms with Gasteiger partial charge in [0.25, 0.3) is 0 Å². The van der Waals surface area contributed by atoms with E-state index in [4.69, 9.17) is 4.74 Å². The molecule has 2 saturated heterocycles. The number of carbonyl (C=O) groups excluding carboxylic acids is 4. The molecule has 2 aliphatic heterocycles. The van der Waals surface area contributed by atoms with Crippen LogP contribution < -0.4 is 14.5 Å². The molecule has 0 unspecified atom stereocenters. The predicted molar refractivity (Wildman–Crippen MR) is 140 cm³/mol. The molecular formula is C31H30N2O5. The molecule has 194 valence electrons. The van der Waals surface area contributed by atoms with Gasteiger partial charge in [-0.3, -0.25) is 19.2 Å². The zero-order chi connectivity index (χ0) is 26.5. The van der Waals surface area contributed by atoms with Gasteiger partial charge >= 0.3 is 5.97 Å². The standard InChI is InChI=1S/C31H30N2O5/c1-15-8-16(2)10-19(9-15)32-14-18(12-26(32)34)31(37)38-20-4-7-25(17(3)11-20)33-29(35)27-21-5-6-22(24-13-23(21)24)28(27)30(33)36/h4-11,18,21-24,27-28H,12-14H2,1-3H3/t18-,21+,22+,23-,24+,27-,28-/m1/s1. The number of rotatable bonds is 4. The Bertz CT molecular complexity index is 1400. The molecular weight excluding hydrogens is 480 g/mol. The van der Waals surface area contributed by atoms with E-state index in [1.54, 1.807) is 23.1 Å². The molecule has 6 aliphatic rings. The highest BCUT2D eigenvalue weighted by atomic mass is 16.5. The van der Waals surface area contributed by atoms with Crippen LogP contribution in [0.3, 0.4) is 0 Å². The zero-order valence-corrected chi connectivity index (χ0v) is 21.7. The summed E-state index contributed by atoms with van der Waals surface area (Å²) in [6, 6.07) is 11.0. The van der Waals surface area contributed by atoms with Gasteiger partial charge in [-0.25, -0.2) is 4.90 Å². The molecule has 38 heavy (non-hydrogen) atoms. The van der Waals surface area contributed by atoms with Gasteiger partial charge in [0.15, 0.2) is 0 Å². The van der Waals surface area contributed by atoms with Crippen LogP contribution >= 0.6 is 0 Å². The molecule has 7 heteroatoms. The molecule has 2 heterocycles. The van der Waals surface area contributed by atoms with Gasteiger partial charge in [0.05, 0.1) is 23.4 Å². The molecule has 8 rings (SSSR count). The second kappa shape index (κ2) is 8.13. The first kappa shape index (κ1) is 23.4. The van der Waals surface area contributed by atoms with Gasteiger partial charge in [-0.05, 0) is 97.9 Å². The minimum atomic E-state index is -0.567. The number of aryl methyl sites for hydroxylation is 3. The van der Waals surface area contributed by atoms with Gasteiger partial charge in [-0.15, -0.1) is 0 Å². The number of imide groups is 1. The summed E-state index contributed by atoms with van der Waals surface area (Å²) in [5.41, 5.74) is 4.16. The fourth-order valence-corrected chi connectivity index (χ4v) is 7.56. The van der Waals surface area contributed by atoms with Crippen molar-refractivity contribution in [2.24, 2.45) is 41.4 Å². The Balaban J connectivity index is 1.06. The third-order valence-corrected chi connectivity index (χ3v) is 9.27. The fraction of sp³-hybridized carbons (Fsp3) is 0.419. The molecule has 0 N–H and O–H groups in total. The Morgan fingerprint density at radius 3 is 2.11 bits per heavy atom. The van der Waals surface area contributed by atoms with Crippen LogP contribution in [-0.2, 0) is 19.2 Å². The number of carbonyl (C=O) groups is 4. The maximum atomic E-state index is 13.5. The number of hydrogen-bond acceptors (Lipinski definition) is 5. The molecule has 0 aromatic heterocycles. The van der Waals surface area contributed by atoms with Gasteiger partial charge in [0, 0.05) is 18.7 Å². The highest BCUT2D eigenvalue weighted by Gasteiger charge is 2.67. The number of amides is 3. The number of hydrogen-bond donors (Lipinski definition) is 0. The third kappa shape index (κ3) is 3.40. The monoisotopic (exact) mass is 510 g/mol. The van der Waals surface area contributed by atoms with Crippen molar-refractivity contribution in [3.8, 4) is 5.75 Å². The Hall–Kier alpha value is -3.74. The minimum Gasteiger partial charge on any atom is -0.426 e. The second-order valence-corrected chi connectivity index (χ2v) is 11.8. The number of allylic oxidation sites excluding steroid dienone is 2. The Kier molecular flexibility index (Phi) is 5.00. The summed E-state index contributed by atoms with van der Waals surface area (Å²) >= 11 is 0. The van der Waals surface area contributed by atoms with E-state index >= 15 is 0 Å². The molecule has 4 fully saturated rings. The molecule has 3 amide bonds. The van der Waals surface area contributed by atoms with Crippen molar-refractivity contribution in [3.63, 3.8) is 0 Å². The van der Waals surface area contributed by atoms with E-state index in [-0.39, 0.29) is 54.4 Å². The van der Waals surface area contributed by atoms with Crippen molar-refractivity contribution in [1.29, 1.82) is 0 Å². The van der Waals surface area contributed by atoms with E-state index in [0.717, 1.165) is 23.2 Å². The number of esters is 1. The largest absolute Gasteiger partial charge is 0.426 e. The van der Waals surface area contributed by atoms with E-state index in [2.05, 4.69) is 12.2 Å². The lowest BCUT2D eigenvalue weighted by Crippen LogP contribution is -2.40. The normalized spacial score (nSPS) is 32.6. The molecule has 2 saturated carbocycles. The molecule has 4 aliphatic carbocycles. The van der Waals surface area contributed by atoms with Crippen LogP contribution in [0.5, 0.6) is 5.75 Å². The number of benzene rings is 2. The molecule has 2 aromatic carbocycles. The quantitative estimate of drug-likeness (QED) is 0.267. The van der Waals surface area contributed by atoms with Crippen LogP contribution in [0.4, 0.5) is 11.4 Å². The third-order valence-electron chi connectivity index (χ3n) is 9.27. The van der Waals surface area contributed by atoms with Crippen LogP contribution in [0.2, 0.25) is 0 Å². The molecule has 7 nitrogen and oxygen atoms in total. The number of anilines is 2. The van der Waals surface area contributed by atoms with Crippen molar-refractivity contribution >= 4 is 35.1 Å². The first-order valence-corrected chi connectivity index (χ1v) is 13.5. The van der Waals surface area contributed by atoms with Gasteiger partial charge in [0.1, 0.15) is 5.75 Å². The van der Waals surface area contributed by atoms with Crippen molar-refractivity contribution in [2.75, 3.05) is 16.3 Å². The van der Waals surface area contributed by atoms with E-state index in [1.165, 1.54) is 4.90 Å². The van der Waals surface area contributed by atoms with E-state index < -0.39 is 11.9 Å². The summed E-state index contributed by atoms with van der Waals surface area (Å²) in [6.07, 6.45) is 5.56. The van der Waals surface area contributed by atoms with Crippen LogP contribution in [0.25, 0.3) is 0 Å². The number of ether oxygens (including phenoxy) is 1. The average molecular weight is 511 g/mol. The van der Waals surface area contributed by atoms with Crippen LogP contribution in [0, 0.1) is 62.2 Å². The lowest BCUT2D eigenvalue weighted by Gasteiger charge is -2.37. The van der Waals surface area contributed by atoms with Gasteiger partial charge in [-0.2, -0.15) is 0 Å². The molecule has 0 radical (unpaired) electrons. The summed E-state index contributed by atoms with van der Waals surface area (Å²) in [5, 5.41) is 0. The first-order valence-electron chi connectivity index (χ1n) is 13.5. The molecule has 7 atom stereocenters. The van der Waals surface area contributed by atoms with Gasteiger partial charge < -0.3 is 9.64 Å². The summed E-state index contributed by atoms with van der Waals surface area (Å²) in [7, 11) is 0. The Morgan fingerprint density at radius 1 is 0.868 bits per heavy atom. The number of nitrogens with zero attached hydrogens (tertiary/aromatic N) is 2. The fourth-order valence-electron chi connectivity index (χ4n) is 7.56. The second-order valence-electron chi connectivity index (χ2n) is 11.8. The van der Waals surface area contributed by atoms with Crippen molar-refractivity contribution < 1.29 is 23.9 Å². The maximum Gasteiger partial charge on any atom is 0.316 e. The molecule has 2 bridgehead atoms. The minimum absolute atomic E-state index is 0.0980. The lowest BCUT2D eigenvalue weighted by molar-refractivity contribution is -0.139. The average Bonchev–Trinajstić information content (AvgIpc) is 3.54. The van der Waals surface area contributed by atoms with Crippen molar-refractivity contribution in [2.45, 2.75) is 33.6 Å². The first-order chi connectivity index (χ1) is 18.2. The summed E-state index contributed by atoms with van der Waals surface area (Å²) in [5.74, 6) is -0.0354. The van der Waals surface area contributed by atoms with Crippen molar-refractivity contribution in [1.82, 2.24) is 0 Å². The molecule has 0 spiro atoms. The van der Waals surface area contributed by atoms with Crippen LogP contribution in [-0.4, -0.2) is 30.2 Å². The predicted octanol–water partition coefficient (Wildman–Crippen LogP) is 4.13. The van der Waals surface area contributed by atoms with Crippen LogP contribution in [0.15, 0.2) is 48.6 Å². The van der Waals surface area contributed by atoms with E-state index in [9.17, 15) is 19.2 Å². The van der Waals surface area contributed by atoms with E-state index in [1.807, 2.05) is 39.0 Å². The van der Waals surface area contributed by atoms with Crippen molar-refractivity contribution in [3.05, 3.63) is 65.2 Å².